The number of hydrogen-bond donors (Lipinski definition) is 1. The van der Waals surface area contributed by atoms with Gasteiger partial charge in [-0.2, -0.15) is 11.8 Å². The molecule has 0 aromatic rings. The molecule has 2 nitrogen and oxygen atoms in total. The first-order valence-corrected chi connectivity index (χ1v) is 8.34. The molecule has 0 saturated heterocycles. The zero-order valence-corrected chi connectivity index (χ0v) is 12.6. The molecule has 0 heterocycles. The molecular formula is C14H30N2S. The summed E-state index contributed by atoms with van der Waals surface area (Å²) in [6.07, 6.45) is 6.81. The second kappa shape index (κ2) is 8.39. The lowest BCUT2D eigenvalue weighted by Gasteiger charge is -2.38. The predicted molar refractivity (Wildman–Crippen MR) is 79.6 cm³/mol. The summed E-state index contributed by atoms with van der Waals surface area (Å²) in [4.78, 5) is 2.58. The summed E-state index contributed by atoms with van der Waals surface area (Å²) in [7, 11) is 2.29. The van der Waals surface area contributed by atoms with Crippen molar-refractivity contribution in [2.24, 2.45) is 11.7 Å². The average Bonchev–Trinajstić information content (AvgIpc) is 2.34. The molecule has 0 radical (unpaired) electrons. The van der Waals surface area contributed by atoms with Crippen LogP contribution in [0.2, 0.25) is 0 Å². The van der Waals surface area contributed by atoms with Gasteiger partial charge in [0.1, 0.15) is 0 Å². The van der Waals surface area contributed by atoms with Gasteiger partial charge in [0.15, 0.2) is 0 Å². The lowest BCUT2D eigenvalue weighted by atomic mass is 9.86. The highest BCUT2D eigenvalue weighted by Gasteiger charge is 2.26. The van der Waals surface area contributed by atoms with E-state index in [4.69, 9.17) is 5.73 Å². The van der Waals surface area contributed by atoms with Crippen LogP contribution in [-0.4, -0.2) is 42.1 Å². The molecule has 1 fully saturated rings. The van der Waals surface area contributed by atoms with Gasteiger partial charge in [0.25, 0.3) is 0 Å². The van der Waals surface area contributed by atoms with E-state index in [1.54, 1.807) is 0 Å². The minimum Gasteiger partial charge on any atom is -0.329 e. The molecule has 1 rings (SSSR count). The Hall–Kier alpha value is 0.270. The fourth-order valence-electron chi connectivity index (χ4n) is 2.92. The van der Waals surface area contributed by atoms with E-state index >= 15 is 0 Å². The maximum Gasteiger partial charge on any atom is 0.0226 e. The summed E-state index contributed by atoms with van der Waals surface area (Å²) in [6.45, 7) is 5.44. The molecule has 3 atom stereocenters. The summed E-state index contributed by atoms with van der Waals surface area (Å²) < 4.78 is 0. The van der Waals surface area contributed by atoms with Gasteiger partial charge in [0, 0.05) is 18.6 Å². The maximum absolute atomic E-state index is 5.95. The van der Waals surface area contributed by atoms with E-state index in [1.165, 1.54) is 43.6 Å². The van der Waals surface area contributed by atoms with E-state index in [0.717, 1.165) is 18.5 Å². The van der Waals surface area contributed by atoms with Crippen LogP contribution < -0.4 is 5.73 Å². The summed E-state index contributed by atoms with van der Waals surface area (Å²) in [5.74, 6) is 3.38. The van der Waals surface area contributed by atoms with Crippen LogP contribution in [-0.2, 0) is 0 Å². The summed E-state index contributed by atoms with van der Waals surface area (Å²) in [6, 6.07) is 1.36. The Balaban J connectivity index is 2.38. The molecule has 102 valence electrons. The van der Waals surface area contributed by atoms with Gasteiger partial charge >= 0.3 is 0 Å². The third kappa shape index (κ3) is 5.19. The van der Waals surface area contributed by atoms with E-state index in [9.17, 15) is 0 Å². The molecule has 1 aliphatic rings. The van der Waals surface area contributed by atoms with Crippen molar-refractivity contribution in [3.8, 4) is 0 Å². The zero-order chi connectivity index (χ0) is 12.7. The normalized spacial score (nSPS) is 27.4. The van der Waals surface area contributed by atoms with Crippen molar-refractivity contribution in [1.29, 1.82) is 0 Å². The zero-order valence-electron chi connectivity index (χ0n) is 11.8. The smallest absolute Gasteiger partial charge is 0.0226 e. The highest BCUT2D eigenvalue weighted by atomic mass is 32.2. The Morgan fingerprint density at radius 2 is 2.18 bits per heavy atom. The Labute approximate surface area is 112 Å². The first-order valence-electron chi connectivity index (χ1n) is 7.18. The Morgan fingerprint density at radius 1 is 1.41 bits per heavy atom. The molecule has 0 spiro atoms. The molecule has 3 unspecified atom stereocenters. The number of likely N-dealkylation sites (N-methyl/N-ethyl adjacent to an activating group) is 1. The van der Waals surface area contributed by atoms with Gasteiger partial charge in [-0.1, -0.05) is 26.7 Å². The second-order valence-corrected chi connectivity index (χ2v) is 6.86. The van der Waals surface area contributed by atoms with Crippen molar-refractivity contribution in [2.75, 3.05) is 25.1 Å². The van der Waals surface area contributed by atoms with Crippen molar-refractivity contribution >= 4 is 11.8 Å². The summed E-state index contributed by atoms with van der Waals surface area (Å²) in [5.41, 5.74) is 5.95. The Morgan fingerprint density at radius 3 is 2.76 bits per heavy atom. The van der Waals surface area contributed by atoms with Crippen molar-refractivity contribution < 1.29 is 0 Å². The first kappa shape index (κ1) is 15.3. The van der Waals surface area contributed by atoms with E-state index in [2.05, 4.69) is 25.8 Å². The minimum absolute atomic E-state index is 0.587. The first-order chi connectivity index (χ1) is 8.19. The number of hydrogen-bond acceptors (Lipinski definition) is 3. The topological polar surface area (TPSA) is 29.3 Å². The standard InChI is InChI=1S/C14H30N2S/c1-4-17-9-8-14(11-15)16(3)13-7-5-6-12(2)10-13/h12-14H,4-11,15H2,1-3H3. The van der Waals surface area contributed by atoms with E-state index < -0.39 is 0 Å². The SMILES string of the molecule is CCSCCC(CN)N(C)C1CCCC(C)C1. The van der Waals surface area contributed by atoms with Crippen LogP contribution in [0.15, 0.2) is 0 Å². The molecule has 1 aliphatic carbocycles. The average molecular weight is 258 g/mol. The largest absolute Gasteiger partial charge is 0.329 e. The third-order valence-corrected chi connectivity index (χ3v) is 5.06. The highest BCUT2D eigenvalue weighted by molar-refractivity contribution is 7.99. The van der Waals surface area contributed by atoms with Crippen LogP contribution in [0, 0.1) is 5.92 Å². The lowest BCUT2D eigenvalue weighted by molar-refractivity contribution is 0.119. The molecule has 2 N–H and O–H groups in total. The van der Waals surface area contributed by atoms with Crippen LogP contribution in [0.1, 0.15) is 46.0 Å². The molecule has 0 aromatic carbocycles. The van der Waals surface area contributed by atoms with Gasteiger partial charge in [0.05, 0.1) is 0 Å². The van der Waals surface area contributed by atoms with Gasteiger partial charge in [-0.3, -0.25) is 4.90 Å². The van der Waals surface area contributed by atoms with Crippen molar-refractivity contribution in [2.45, 2.75) is 58.0 Å². The molecule has 0 amide bonds. The van der Waals surface area contributed by atoms with Crippen LogP contribution in [0.25, 0.3) is 0 Å². The summed E-state index contributed by atoms with van der Waals surface area (Å²) >= 11 is 2.03. The fraction of sp³-hybridized carbons (Fsp3) is 1.00. The van der Waals surface area contributed by atoms with Crippen LogP contribution in [0.4, 0.5) is 0 Å². The van der Waals surface area contributed by atoms with Gasteiger partial charge < -0.3 is 5.73 Å². The third-order valence-electron chi connectivity index (χ3n) is 4.13. The minimum atomic E-state index is 0.587. The van der Waals surface area contributed by atoms with Crippen LogP contribution in [0.3, 0.4) is 0 Å². The Kier molecular flexibility index (Phi) is 7.56. The molecule has 0 aromatic heterocycles. The van der Waals surface area contributed by atoms with Gasteiger partial charge in [-0.15, -0.1) is 0 Å². The molecule has 17 heavy (non-hydrogen) atoms. The quantitative estimate of drug-likeness (QED) is 0.712. The van der Waals surface area contributed by atoms with Crippen LogP contribution >= 0.6 is 11.8 Å². The van der Waals surface area contributed by atoms with Crippen molar-refractivity contribution in [1.82, 2.24) is 4.90 Å². The van der Waals surface area contributed by atoms with Gasteiger partial charge in [0.2, 0.25) is 0 Å². The van der Waals surface area contributed by atoms with E-state index in [-0.39, 0.29) is 0 Å². The van der Waals surface area contributed by atoms with Gasteiger partial charge in [-0.25, -0.2) is 0 Å². The van der Waals surface area contributed by atoms with E-state index in [1.807, 2.05) is 11.8 Å². The fourth-order valence-corrected chi connectivity index (χ4v) is 3.65. The second-order valence-electron chi connectivity index (χ2n) is 5.47. The summed E-state index contributed by atoms with van der Waals surface area (Å²) in [5, 5.41) is 0. The maximum atomic E-state index is 5.95. The predicted octanol–water partition coefficient (Wildman–Crippen LogP) is 2.97. The van der Waals surface area contributed by atoms with Crippen LogP contribution in [0.5, 0.6) is 0 Å². The molecule has 0 bridgehead atoms. The molecular weight excluding hydrogens is 228 g/mol. The van der Waals surface area contributed by atoms with E-state index in [0.29, 0.717) is 6.04 Å². The lowest BCUT2D eigenvalue weighted by Crippen LogP contribution is -2.46. The Bertz CT molecular complexity index is 199. The highest BCUT2D eigenvalue weighted by Crippen LogP contribution is 2.28. The molecule has 1 saturated carbocycles. The number of thioether (sulfide) groups is 1. The molecule has 0 aliphatic heterocycles. The van der Waals surface area contributed by atoms with Gasteiger partial charge in [-0.05, 0) is 43.7 Å². The number of rotatable bonds is 7. The molecule has 3 heteroatoms. The number of nitrogens with zero attached hydrogens (tertiary/aromatic N) is 1. The number of nitrogens with two attached hydrogens (primary N) is 1. The monoisotopic (exact) mass is 258 g/mol. The van der Waals surface area contributed by atoms with Crippen molar-refractivity contribution in [3.05, 3.63) is 0 Å². The van der Waals surface area contributed by atoms with Crippen molar-refractivity contribution in [3.63, 3.8) is 0 Å².